The van der Waals surface area contributed by atoms with E-state index in [1.54, 1.807) is 4.90 Å². The number of amides is 1. The molecule has 1 aromatic rings. The van der Waals surface area contributed by atoms with E-state index in [1.165, 1.54) is 0 Å². The summed E-state index contributed by atoms with van der Waals surface area (Å²) in [5.74, 6) is 0.187. The molecule has 0 aliphatic carbocycles. The zero-order chi connectivity index (χ0) is 13.1. The van der Waals surface area contributed by atoms with Crippen LogP contribution in [0.25, 0.3) is 0 Å². The average Bonchev–Trinajstić information content (AvgIpc) is 2.39. The van der Waals surface area contributed by atoms with Gasteiger partial charge in [-0.1, -0.05) is 0 Å². The number of likely N-dealkylation sites (N-methyl/N-ethyl adjacent to an activating group) is 1. The van der Waals surface area contributed by atoms with Gasteiger partial charge in [0, 0.05) is 32.0 Å². The van der Waals surface area contributed by atoms with E-state index in [0.717, 1.165) is 37.2 Å². The largest absolute Gasteiger partial charge is 0.399 e. The minimum absolute atomic E-state index is 0.0302. The van der Waals surface area contributed by atoms with E-state index in [2.05, 4.69) is 4.90 Å². The maximum absolute atomic E-state index is 12.2. The second-order valence-corrected chi connectivity index (χ2v) is 5.03. The predicted molar refractivity (Wildman–Crippen MR) is 74.5 cm³/mol. The Bertz CT molecular complexity index is 414. The van der Waals surface area contributed by atoms with Crippen molar-refractivity contribution < 1.29 is 4.79 Å². The molecule has 0 bridgehead atoms. The van der Waals surface area contributed by atoms with Gasteiger partial charge < -0.3 is 15.5 Å². The van der Waals surface area contributed by atoms with Crippen LogP contribution >= 0.6 is 0 Å². The Hall–Kier alpha value is -1.71. The van der Waals surface area contributed by atoms with E-state index in [1.807, 2.05) is 38.4 Å². The third kappa shape index (κ3) is 2.58. The van der Waals surface area contributed by atoms with Crippen LogP contribution < -0.4 is 10.6 Å². The van der Waals surface area contributed by atoms with Crippen LogP contribution in [0, 0.1) is 0 Å². The van der Waals surface area contributed by atoms with Crippen LogP contribution in [0.15, 0.2) is 24.3 Å². The standard InChI is InChI=1S/C14H21N3O/c1-16(2)14(18)13-5-3-4-10-17(13)12-8-6-11(15)7-9-12/h6-9,13H,3-5,10,15H2,1-2H3. The number of hydrogen-bond acceptors (Lipinski definition) is 3. The summed E-state index contributed by atoms with van der Waals surface area (Å²) in [6.45, 7) is 0.939. The summed E-state index contributed by atoms with van der Waals surface area (Å²) in [7, 11) is 3.64. The fourth-order valence-corrected chi connectivity index (χ4v) is 2.46. The molecule has 1 aliphatic heterocycles. The number of anilines is 2. The lowest BCUT2D eigenvalue weighted by Gasteiger charge is -2.37. The van der Waals surface area contributed by atoms with E-state index in [-0.39, 0.29) is 11.9 Å². The zero-order valence-electron chi connectivity index (χ0n) is 11.1. The van der Waals surface area contributed by atoms with E-state index < -0.39 is 0 Å². The summed E-state index contributed by atoms with van der Waals surface area (Å²) < 4.78 is 0. The molecule has 2 N–H and O–H groups in total. The molecule has 0 aromatic heterocycles. The van der Waals surface area contributed by atoms with Crippen LogP contribution in [0.3, 0.4) is 0 Å². The maximum atomic E-state index is 12.2. The van der Waals surface area contributed by atoms with Gasteiger partial charge in [-0.2, -0.15) is 0 Å². The van der Waals surface area contributed by atoms with Gasteiger partial charge in [-0.05, 0) is 43.5 Å². The number of carbonyl (C=O) groups is 1. The van der Waals surface area contributed by atoms with Crippen molar-refractivity contribution >= 4 is 17.3 Å². The number of nitrogen functional groups attached to an aromatic ring is 1. The zero-order valence-corrected chi connectivity index (χ0v) is 11.1. The minimum atomic E-state index is -0.0302. The number of hydrogen-bond donors (Lipinski definition) is 1. The van der Waals surface area contributed by atoms with Crippen LogP contribution in [0.2, 0.25) is 0 Å². The highest BCUT2D eigenvalue weighted by molar-refractivity contribution is 5.85. The molecule has 1 aromatic carbocycles. The first-order valence-electron chi connectivity index (χ1n) is 6.43. The number of benzene rings is 1. The Morgan fingerprint density at radius 1 is 1.28 bits per heavy atom. The van der Waals surface area contributed by atoms with Crippen molar-refractivity contribution in [2.24, 2.45) is 0 Å². The van der Waals surface area contributed by atoms with Gasteiger partial charge in [0.2, 0.25) is 5.91 Å². The van der Waals surface area contributed by atoms with E-state index in [9.17, 15) is 4.79 Å². The molecule has 1 fully saturated rings. The first-order valence-corrected chi connectivity index (χ1v) is 6.43. The van der Waals surface area contributed by atoms with Gasteiger partial charge in [0.1, 0.15) is 6.04 Å². The van der Waals surface area contributed by atoms with Crippen LogP contribution in [0.4, 0.5) is 11.4 Å². The Morgan fingerprint density at radius 2 is 1.94 bits per heavy atom. The molecule has 0 spiro atoms. The Balaban J connectivity index is 2.22. The summed E-state index contributed by atoms with van der Waals surface area (Å²) in [5.41, 5.74) is 7.55. The fraction of sp³-hybridized carbons (Fsp3) is 0.500. The number of nitrogens with zero attached hydrogens (tertiary/aromatic N) is 2. The summed E-state index contributed by atoms with van der Waals surface area (Å²) in [6.07, 6.45) is 3.19. The minimum Gasteiger partial charge on any atom is -0.399 e. The lowest BCUT2D eigenvalue weighted by atomic mass is 10.00. The third-order valence-electron chi connectivity index (χ3n) is 3.45. The maximum Gasteiger partial charge on any atom is 0.244 e. The first-order chi connectivity index (χ1) is 8.59. The van der Waals surface area contributed by atoms with Gasteiger partial charge in [-0.25, -0.2) is 0 Å². The van der Waals surface area contributed by atoms with Gasteiger partial charge in [0.25, 0.3) is 0 Å². The highest BCUT2D eigenvalue weighted by atomic mass is 16.2. The van der Waals surface area contributed by atoms with Crippen LogP contribution in [0.1, 0.15) is 19.3 Å². The molecule has 4 heteroatoms. The normalized spacial score (nSPS) is 19.7. The van der Waals surface area contributed by atoms with Gasteiger partial charge in [-0.3, -0.25) is 4.79 Å². The SMILES string of the molecule is CN(C)C(=O)C1CCCCN1c1ccc(N)cc1. The molecule has 0 saturated carbocycles. The third-order valence-corrected chi connectivity index (χ3v) is 3.45. The molecule has 1 aliphatic rings. The van der Waals surface area contributed by atoms with Crippen molar-refractivity contribution in [2.45, 2.75) is 25.3 Å². The highest BCUT2D eigenvalue weighted by Crippen LogP contribution is 2.26. The second kappa shape index (κ2) is 5.29. The van der Waals surface area contributed by atoms with Crippen molar-refractivity contribution in [1.82, 2.24) is 4.90 Å². The molecule has 1 atom stereocenters. The van der Waals surface area contributed by atoms with Gasteiger partial charge in [0.05, 0.1) is 0 Å². The van der Waals surface area contributed by atoms with Crippen molar-refractivity contribution in [2.75, 3.05) is 31.3 Å². The average molecular weight is 247 g/mol. The second-order valence-electron chi connectivity index (χ2n) is 5.03. The summed E-state index contributed by atoms with van der Waals surface area (Å²) in [6, 6.07) is 7.74. The lowest BCUT2D eigenvalue weighted by molar-refractivity contribution is -0.130. The molecule has 0 radical (unpaired) electrons. The quantitative estimate of drug-likeness (QED) is 0.809. The highest BCUT2D eigenvalue weighted by Gasteiger charge is 2.29. The van der Waals surface area contributed by atoms with Gasteiger partial charge in [-0.15, -0.1) is 0 Å². The number of piperidine rings is 1. The molecular formula is C14H21N3O. The molecule has 4 nitrogen and oxygen atoms in total. The molecule has 18 heavy (non-hydrogen) atoms. The van der Waals surface area contributed by atoms with Crippen molar-refractivity contribution in [1.29, 1.82) is 0 Å². The smallest absolute Gasteiger partial charge is 0.244 e. The lowest BCUT2D eigenvalue weighted by Crippen LogP contribution is -2.49. The van der Waals surface area contributed by atoms with Crippen molar-refractivity contribution in [3.63, 3.8) is 0 Å². The predicted octanol–water partition coefficient (Wildman–Crippen LogP) is 1.72. The molecule has 98 valence electrons. The Morgan fingerprint density at radius 3 is 2.56 bits per heavy atom. The summed E-state index contributed by atoms with van der Waals surface area (Å²) >= 11 is 0. The van der Waals surface area contributed by atoms with Crippen LogP contribution in [-0.2, 0) is 4.79 Å². The molecule has 1 amide bonds. The summed E-state index contributed by atoms with van der Waals surface area (Å²) in [4.78, 5) is 16.1. The molecule has 1 saturated heterocycles. The van der Waals surface area contributed by atoms with Crippen LogP contribution in [-0.4, -0.2) is 37.5 Å². The van der Waals surface area contributed by atoms with Crippen molar-refractivity contribution in [3.05, 3.63) is 24.3 Å². The Labute approximate surface area is 108 Å². The molecular weight excluding hydrogens is 226 g/mol. The Kier molecular flexibility index (Phi) is 3.75. The first kappa shape index (κ1) is 12.7. The topological polar surface area (TPSA) is 49.6 Å². The molecule has 1 unspecified atom stereocenters. The van der Waals surface area contributed by atoms with Crippen LogP contribution in [0.5, 0.6) is 0 Å². The fourth-order valence-electron chi connectivity index (χ4n) is 2.46. The monoisotopic (exact) mass is 247 g/mol. The number of carbonyl (C=O) groups excluding carboxylic acids is 1. The number of nitrogens with two attached hydrogens (primary N) is 1. The van der Waals surface area contributed by atoms with E-state index in [4.69, 9.17) is 5.73 Å². The van der Waals surface area contributed by atoms with E-state index in [0.29, 0.717) is 0 Å². The van der Waals surface area contributed by atoms with Gasteiger partial charge >= 0.3 is 0 Å². The van der Waals surface area contributed by atoms with Crippen molar-refractivity contribution in [3.8, 4) is 0 Å². The summed E-state index contributed by atoms with van der Waals surface area (Å²) in [5, 5.41) is 0. The molecule has 2 rings (SSSR count). The molecule has 1 heterocycles. The number of rotatable bonds is 2. The van der Waals surface area contributed by atoms with E-state index >= 15 is 0 Å². The van der Waals surface area contributed by atoms with Gasteiger partial charge in [0.15, 0.2) is 0 Å².